The molecule has 3 nitrogen and oxygen atoms in total. The molecule has 0 bridgehead atoms. The average Bonchev–Trinajstić information content (AvgIpc) is 2.85. The standard InChI is InChI=1S/C27H39N3/c1-4-25(16-10-7-11-17-25)28-22-29(26(5-2)18-12-8-13-19-26)24-30(23-28)27(6-3)20-14-9-15-21-27/h1-3H,7-24H2. The summed E-state index contributed by atoms with van der Waals surface area (Å²) >= 11 is 0. The first-order chi connectivity index (χ1) is 14.6. The van der Waals surface area contributed by atoms with Gasteiger partial charge in [-0.2, -0.15) is 0 Å². The van der Waals surface area contributed by atoms with Gasteiger partial charge in [-0.3, -0.25) is 14.7 Å². The highest BCUT2D eigenvalue weighted by atomic mass is 15.5. The van der Waals surface area contributed by atoms with Crippen LogP contribution in [0.25, 0.3) is 0 Å². The minimum Gasteiger partial charge on any atom is -0.261 e. The van der Waals surface area contributed by atoms with Gasteiger partial charge in [0.15, 0.2) is 0 Å². The molecule has 4 aliphatic rings. The van der Waals surface area contributed by atoms with Crippen molar-refractivity contribution in [3.05, 3.63) is 0 Å². The van der Waals surface area contributed by atoms with Crippen molar-refractivity contribution in [1.82, 2.24) is 14.7 Å². The highest BCUT2D eigenvalue weighted by Gasteiger charge is 2.49. The van der Waals surface area contributed by atoms with Gasteiger partial charge in [-0.05, 0) is 38.5 Å². The van der Waals surface area contributed by atoms with Gasteiger partial charge in [-0.1, -0.05) is 75.5 Å². The predicted molar refractivity (Wildman–Crippen MR) is 124 cm³/mol. The average molecular weight is 406 g/mol. The van der Waals surface area contributed by atoms with Crippen LogP contribution < -0.4 is 0 Å². The van der Waals surface area contributed by atoms with E-state index in [-0.39, 0.29) is 16.6 Å². The molecule has 3 heteroatoms. The third-order valence-electron chi connectivity index (χ3n) is 8.69. The van der Waals surface area contributed by atoms with Crippen LogP contribution in [0.2, 0.25) is 0 Å². The molecule has 0 N–H and O–H groups in total. The molecule has 0 spiro atoms. The number of hydrogen-bond acceptors (Lipinski definition) is 3. The second kappa shape index (κ2) is 8.97. The summed E-state index contributed by atoms with van der Waals surface area (Å²) in [5.74, 6) is 9.79. The van der Waals surface area contributed by atoms with Gasteiger partial charge in [0.1, 0.15) is 0 Å². The van der Waals surface area contributed by atoms with Crippen molar-refractivity contribution < 1.29 is 0 Å². The lowest BCUT2D eigenvalue weighted by atomic mass is 9.78. The number of terminal acetylenes is 3. The van der Waals surface area contributed by atoms with Crippen molar-refractivity contribution in [2.24, 2.45) is 0 Å². The lowest BCUT2D eigenvalue weighted by Crippen LogP contribution is -2.70. The molecule has 0 atom stereocenters. The molecule has 4 rings (SSSR count). The second-order valence-corrected chi connectivity index (χ2v) is 10.3. The lowest BCUT2D eigenvalue weighted by molar-refractivity contribution is -0.140. The third-order valence-corrected chi connectivity index (χ3v) is 8.69. The van der Waals surface area contributed by atoms with Crippen molar-refractivity contribution in [2.45, 2.75) is 113 Å². The van der Waals surface area contributed by atoms with Gasteiger partial charge in [-0.25, -0.2) is 0 Å². The van der Waals surface area contributed by atoms with Crippen LogP contribution >= 0.6 is 0 Å². The fourth-order valence-electron chi connectivity index (χ4n) is 6.63. The van der Waals surface area contributed by atoms with E-state index >= 15 is 0 Å². The Morgan fingerprint density at radius 2 is 0.633 bits per heavy atom. The number of nitrogens with zero attached hydrogens (tertiary/aromatic N) is 3. The minimum absolute atomic E-state index is 0.149. The number of hydrogen-bond donors (Lipinski definition) is 0. The zero-order valence-corrected chi connectivity index (χ0v) is 18.8. The summed E-state index contributed by atoms with van der Waals surface area (Å²) in [6.45, 7) is 2.64. The van der Waals surface area contributed by atoms with Crippen LogP contribution in [-0.2, 0) is 0 Å². The van der Waals surface area contributed by atoms with Crippen LogP contribution in [0, 0.1) is 37.0 Å². The van der Waals surface area contributed by atoms with Crippen LogP contribution in [0.15, 0.2) is 0 Å². The van der Waals surface area contributed by atoms with Crippen molar-refractivity contribution in [3.8, 4) is 37.0 Å². The van der Waals surface area contributed by atoms with Crippen LogP contribution in [0.1, 0.15) is 96.3 Å². The van der Waals surface area contributed by atoms with Crippen molar-refractivity contribution in [1.29, 1.82) is 0 Å². The molecular formula is C27H39N3. The summed E-state index contributed by atoms with van der Waals surface area (Å²) in [4.78, 5) is 7.74. The summed E-state index contributed by atoms with van der Waals surface area (Å²) < 4.78 is 0. The first-order valence-corrected chi connectivity index (χ1v) is 12.3. The second-order valence-electron chi connectivity index (χ2n) is 10.3. The molecule has 4 fully saturated rings. The summed E-state index contributed by atoms with van der Waals surface area (Å²) in [6.07, 6.45) is 36.5. The summed E-state index contributed by atoms with van der Waals surface area (Å²) in [5, 5.41) is 0. The van der Waals surface area contributed by atoms with E-state index in [1.165, 1.54) is 57.8 Å². The van der Waals surface area contributed by atoms with Gasteiger partial charge in [0.05, 0.1) is 36.6 Å². The third kappa shape index (κ3) is 3.80. The summed E-state index contributed by atoms with van der Waals surface area (Å²) in [6, 6.07) is 0. The van der Waals surface area contributed by atoms with E-state index in [4.69, 9.17) is 19.3 Å². The maximum atomic E-state index is 6.24. The summed E-state index contributed by atoms with van der Waals surface area (Å²) in [7, 11) is 0. The molecule has 3 saturated carbocycles. The topological polar surface area (TPSA) is 9.72 Å². The Kier molecular flexibility index (Phi) is 6.51. The van der Waals surface area contributed by atoms with Crippen LogP contribution in [0.4, 0.5) is 0 Å². The molecule has 0 aromatic rings. The molecule has 1 heterocycles. The van der Waals surface area contributed by atoms with Gasteiger partial charge in [-0.15, -0.1) is 19.3 Å². The Morgan fingerprint density at radius 1 is 0.400 bits per heavy atom. The largest absolute Gasteiger partial charge is 0.261 e. The van der Waals surface area contributed by atoms with Gasteiger partial charge >= 0.3 is 0 Å². The molecule has 0 aromatic carbocycles. The maximum absolute atomic E-state index is 6.24. The highest BCUT2D eigenvalue weighted by molar-refractivity contribution is 5.21. The molecule has 1 saturated heterocycles. The Labute approximate surface area is 184 Å². The molecule has 1 aliphatic heterocycles. The van der Waals surface area contributed by atoms with E-state index in [1.54, 1.807) is 0 Å². The molecule has 0 radical (unpaired) electrons. The zero-order chi connectivity index (χ0) is 21.1. The lowest BCUT2D eigenvalue weighted by Gasteiger charge is -2.58. The molecule has 0 amide bonds. The first kappa shape index (κ1) is 21.8. The predicted octanol–water partition coefficient (Wildman–Crippen LogP) is 4.79. The molecular weight excluding hydrogens is 366 g/mol. The highest BCUT2D eigenvalue weighted by Crippen LogP contribution is 2.42. The minimum atomic E-state index is -0.149. The molecule has 30 heavy (non-hydrogen) atoms. The SMILES string of the molecule is C#CC1(N2CN(C3(C#C)CCCCC3)CN(C3(C#C)CCCCC3)C2)CCCCC1. The van der Waals surface area contributed by atoms with E-state index in [2.05, 4.69) is 32.5 Å². The normalized spacial score (nSPS) is 29.9. The molecule has 0 aromatic heterocycles. The van der Waals surface area contributed by atoms with E-state index < -0.39 is 0 Å². The maximum Gasteiger partial charge on any atom is 0.0843 e. The smallest absolute Gasteiger partial charge is 0.0843 e. The van der Waals surface area contributed by atoms with Gasteiger partial charge < -0.3 is 0 Å². The van der Waals surface area contributed by atoms with Gasteiger partial charge in [0.2, 0.25) is 0 Å². The quantitative estimate of drug-likeness (QED) is 0.625. The summed E-state index contributed by atoms with van der Waals surface area (Å²) in [5.41, 5.74) is -0.446. The Hall–Kier alpha value is -1.44. The fourth-order valence-corrected chi connectivity index (χ4v) is 6.63. The number of rotatable bonds is 3. The van der Waals surface area contributed by atoms with Gasteiger partial charge in [0, 0.05) is 0 Å². The fraction of sp³-hybridized carbons (Fsp3) is 0.778. The van der Waals surface area contributed by atoms with Crippen LogP contribution in [0.3, 0.4) is 0 Å². The van der Waals surface area contributed by atoms with Gasteiger partial charge in [0.25, 0.3) is 0 Å². The van der Waals surface area contributed by atoms with E-state index in [9.17, 15) is 0 Å². The molecule has 0 unspecified atom stereocenters. The first-order valence-electron chi connectivity index (χ1n) is 12.3. The Morgan fingerprint density at radius 3 is 0.833 bits per heavy atom. The monoisotopic (exact) mass is 405 g/mol. The van der Waals surface area contributed by atoms with Crippen LogP contribution in [-0.4, -0.2) is 51.3 Å². The Balaban J connectivity index is 1.68. The Bertz CT molecular complexity index is 609. The zero-order valence-electron chi connectivity index (χ0n) is 18.8. The van der Waals surface area contributed by atoms with Crippen LogP contribution in [0.5, 0.6) is 0 Å². The van der Waals surface area contributed by atoms with Crippen molar-refractivity contribution in [3.63, 3.8) is 0 Å². The molecule has 162 valence electrons. The molecule has 3 aliphatic carbocycles. The van der Waals surface area contributed by atoms with Crippen molar-refractivity contribution in [2.75, 3.05) is 20.0 Å². The van der Waals surface area contributed by atoms with E-state index in [0.717, 1.165) is 58.5 Å². The van der Waals surface area contributed by atoms with E-state index in [1.807, 2.05) is 0 Å². The van der Waals surface area contributed by atoms with E-state index in [0.29, 0.717) is 0 Å². The van der Waals surface area contributed by atoms with Crippen molar-refractivity contribution >= 4 is 0 Å².